The summed E-state index contributed by atoms with van der Waals surface area (Å²) in [4.78, 5) is 11.8. The van der Waals surface area contributed by atoms with Crippen molar-refractivity contribution in [1.82, 2.24) is 5.32 Å². The molecule has 2 heteroatoms. The van der Waals surface area contributed by atoms with E-state index >= 15 is 0 Å². The Morgan fingerprint density at radius 1 is 1.00 bits per heavy atom. The van der Waals surface area contributed by atoms with Gasteiger partial charge >= 0.3 is 0 Å². The maximum absolute atomic E-state index is 11.8. The van der Waals surface area contributed by atoms with Gasteiger partial charge in [-0.2, -0.15) is 0 Å². The molecule has 2 nitrogen and oxygen atoms in total. The van der Waals surface area contributed by atoms with Gasteiger partial charge in [-0.1, -0.05) is 0 Å². The van der Waals surface area contributed by atoms with Gasteiger partial charge in [-0.3, -0.25) is 4.79 Å². The summed E-state index contributed by atoms with van der Waals surface area (Å²) in [5.74, 6) is 5.42. The summed E-state index contributed by atoms with van der Waals surface area (Å²) in [6, 6.07) is 0.220. The molecule has 5 rings (SSSR count). The summed E-state index contributed by atoms with van der Waals surface area (Å²) >= 11 is 0. The maximum Gasteiger partial charge on any atom is 0.151 e. The van der Waals surface area contributed by atoms with Crippen LogP contribution < -0.4 is 5.32 Å². The summed E-state index contributed by atoms with van der Waals surface area (Å²) in [7, 11) is 0. The highest BCUT2D eigenvalue weighted by atomic mass is 16.1. The fraction of sp³-hybridized carbons (Fsp3) is 0.933. The van der Waals surface area contributed by atoms with Crippen LogP contribution in [0.3, 0.4) is 0 Å². The van der Waals surface area contributed by atoms with Crippen LogP contribution in [0.15, 0.2) is 0 Å². The number of carbonyl (C=O) groups is 1. The van der Waals surface area contributed by atoms with Gasteiger partial charge in [0.05, 0.1) is 6.04 Å². The summed E-state index contributed by atoms with van der Waals surface area (Å²) in [5.41, 5.74) is 0. The first-order valence-corrected chi connectivity index (χ1v) is 7.55. The van der Waals surface area contributed by atoms with Crippen LogP contribution in [0, 0.1) is 29.6 Å². The molecule has 5 fully saturated rings. The Bertz CT molecular complexity index is 310. The second-order valence-corrected chi connectivity index (χ2v) is 7.05. The Morgan fingerprint density at radius 3 is 2.18 bits per heavy atom. The largest absolute Gasteiger partial charge is 0.307 e. The van der Waals surface area contributed by atoms with Gasteiger partial charge in [0.1, 0.15) is 0 Å². The van der Waals surface area contributed by atoms with Gasteiger partial charge < -0.3 is 5.32 Å². The van der Waals surface area contributed by atoms with E-state index in [-0.39, 0.29) is 6.04 Å². The van der Waals surface area contributed by atoms with Crippen molar-refractivity contribution >= 4 is 5.78 Å². The average molecular weight is 233 g/mol. The Morgan fingerprint density at radius 2 is 1.65 bits per heavy atom. The van der Waals surface area contributed by atoms with Gasteiger partial charge in [-0.05, 0) is 68.1 Å². The molecule has 0 aromatic heterocycles. The van der Waals surface area contributed by atoms with Crippen molar-refractivity contribution in [3.05, 3.63) is 0 Å². The molecular weight excluding hydrogens is 210 g/mol. The quantitative estimate of drug-likeness (QED) is 0.793. The molecule has 4 saturated carbocycles. The zero-order valence-corrected chi connectivity index (χ0v) is 10.5. The van der Waals surface area contributed by atoms with Crippen molar-refractivity contribution in [2.75, 3.05) is 6.54 Å². The molecule has 5 aliphatic rings. The zero-order chi connectivity index (χ0) is 11.4. The first-order valence-electron chi connectivity index (χ1n) is 7.55. The third kappa shape index (κ3) is 1.68. The minimum atomic E-state index is 0.220. The number of carbonyl (C=O) groups excluding carboxylic acids is 1. The lowest BCUT2D eigenvalue weighted by molar-refractivity contribution is -0.120. The van der Waals surface area contributed by atoms with Crippen molar-refractivity contribution in [3.63, 3.8) is 0 Å². The van der Waals surface area contributed by atoms with Crippen LogP contribution in [-0.4, -0.2) is 18.4 Å². The molecule has 1 aliphatic heterocycles. The Balaban J connectivity index is 1.49. The molecule has 4 aliphatic carbocycles. The van der Waals surface area contributed by atoms with E-state index in [0.29, 0.717) is 5.78 Å². The molecule has 4 bridgehead atoms. The highest BCUT2D eigenvalue weighted by Gasteiger charge is 2.48. The van der Waals surface area contributed by atoms with Crippen LogP contribution in [0.2, 0.25) is 0 Å². The molecule has 0 radical (unpaired) electrons. The minimum absolute atomic E-state index is 0.220. The Kier molecular flexibility index (Phi) is 2.36. The lowest BCUT2D eigenvalue weighted by Crippen LogP contribution is -2.47. The SMILES string of the molecule is O=C1CCNC1CC1C2CC3CC(C2)CC1C3. The summed E-state index contributed by atoms with van der Waals surface area (Å²) in [5, 5.41) is 3.42. The molecule has 0 aromatic rings. The molecule has 17 heavy (non-hydrogen) atoms. The third-order valence-corrected chi connectivity index (χ3v) is 6.08. The van der Waals surface area contributed by atoms with Gasteiger partial charge in [0, 0.05) is 13.0 Å². The number of Topliss-reactive ketones (excluding diaryl/α,β-unsaturated/α-hetero) is 1. The van der Waals surface area contributed by atoms with Crippen molar-refractivity contribution in [2.24, 2.45) is 29.6 Å². The molecule has 94 valence electrons. The molecular formula is C15H23NO. The smallest absolute Gasteiger partial charge is 0.151 e. The first kappa shape index (κ1) is 10.5. The lowest BCUT2D eigenvalue weighted by Gasteiger charge is -2.55. The predicted molar refractivity (Wildman–Crippen MR) is 66.6 cm³/mol. The predicted octanol–water partition coefficient (Wildman–Crippen LogP) is 2.38. The Hall–Kier alpha value is -0.370. The molecule has 0 amide bonds. The van der Waals surface area contributed by atoms with Gasteiger partial charge in [-0.15, -0.1) is 0 Å². The number of nitrogens with one attached hydrogen (secondary N) is 1. The average Bonchev–Trinajstić information content (AvgIpc) is 2.68. The van der Waals surface area contributed by atoms with E-state index in [1.54, 1.807) is 0 Å². The van der Waals surface area contributed by atoms with Crippen LogP contribution in [0.25, 0.3) is 0 Å². The molecule has 0 spiro atoms. The fourth-order valence-electron chi connectivity index (χ4n) is 5.57. The second-order valence-electron chi connectivity index (χ2n) is 7.05. The van der Waals surface area contributed by atoms with Crippen molar-refractivity contribution in [3.8, 4) is 0 Å². The monoisotopic (exact) mass is 233 g/mol. The highest BCUT2D eigenvalue weighted by Crippen LogP contribution is 2.57. The van der Waals surface area contributed by atoms with Gasteiger partial charge in [0.25, 0.3) is 0 Å². The van der Waals surface area contributed by atoms with E-state index < -0.39 is 0 Å². The van der Waals surface area contributed by atoms with Crippen LogP contribution in [0.5, 0.6) is 0 Å². The van der Waals surface area contributed by atoms with Crippen molar-refractivity contribution < 1.29 is 4.79 Å². The molecule has 0 aromatic carbocycles. The second kappa shape index (κ2) is 3.81. The lowest BCUT2D eigenvalue weighted by atomic mass is 9.51. The fourth-order valence-corrected chi connectivity index (χ4v) is 5.57. The standard InChI is InChI=1S/C15H23NO/c17-15-1-2-16-14(15)8-13-11-4-9-3-10(6-11)7-12(13)5-9/h9-14,16H,1-8H2. The van der Waals surface area contributed by atoms with Crippen LogP contribution >= 0.6 is 0 Å². The summed E-state index contributed by atoms with van der Waals surface area (Å²) in [6.07, 6.45) is 9.40. The molecule has 1 atom stereocenters. The number of hydrogen-bond acceptors (Lipinski definition) is 2. The first-order chi connectivity index (χ1) is 8.29. The normalized spacial score (nSPS) is 52.4. The van der Waals surface area contributed by atoms with Gasteiger partial charge in [0.15, 0.2) is 5.78 Å². The van der Waals surface area contributed by atoms with Crippen LogP contribution in [-0.2, 0) is 4.79 Å². The number of hydrogen-bond donors (Lipinski definition) is 1. The topological polar surface area (TPSA) is 29.1 Å². The maximum atomic E-state index is 11.8. The highest BCUT2D eigenvalue weighted by molar-refractivity contribution is 5.86. The van der Waals surface area contributed by atoms with Crippen LogP contribution in [0.4, 0.5) is 0 Å². The summed E-state index contributed by atoms with van der Waals surface area (Å²) < 4.78 is 0. The number of ketones is 1. The van der Waals surface area contributed by atoms with E-state index in [9.17, 15) is 4.79 Å². The molecule has 1 heterocycles. The van der Waals surface area contributed by atoms with E-state index in [1.807, 2.05) is 0 Å². The minimum Gasteiger partial charge on any atom is -0.307 e. The van der Waals surface area contributed by atoms with E-state index in [1.165, 1.54) is 32.1 Å². The van der Waals surface area contributed by atoms with Crippen molar-refractivity contribution in [1.29, 1.82) is 0 Å². The van der Waals surface area contributed by atoms with Crippen molar-refractivity contribution in [2.45, 2.75) is 51.0 Å². The Labute approximate surface area is 104 Å². The van der Waals surface area contributed by atoms with Crippen LogP contribution in [0.1, 0.15) is 44.9 Å². The van der Waals surface area contributed by atoms with E-state index in [2.05, 4.69) is 5.32 Å². The van der Waals surface area contributed by atoms with Gasteiger partial charge in [0.2, 0.25) is 0 Å². The zero-order valence-electron chi connectivity index (χ0n) is 10.5. The summed E-state index contributed by atoms with van der Waals surface area (Å²) in [6.45, 7) is 0.927. The molecule has 1 unspecified atom stereocenters. The van der Waals surface area contributed by atoms with E-state index in [0.717, 1.165) is 49.0 Å². The molecule has 1 N–H and O–H groups in total. The van der Waals surface area contributed by atoms with E-state index in [4.69, 9.17) is 0 Å². The third-order valence-electron chi connectivity index (χ3n) is 6.08. The molecule has 1 saturated heterocycles. The number of rotatable bonds is 2. The van der Waals surface area contributed by atoms with Gasteiger partial charge in [-0.25, -0.2) is 0 Å².